The van der Waals surface area contributed by atoms with Crippen molar-refractivity contribution in [2.45, 2.75) is 26.2 Å². The molecule has 0 spiro atoms. The zero-order valence-electron chi connectivity index (χ0n) is 14.1. The molecule has 24 heavy (non-hydrogen) atoms. The van der Waals surface area contributed by atoms with E-state index in [2.05, 4.69) is 22.2 Å². The predicted octanol–water partition coefficient (Wildman–Crippen LogP) is 3.34. The lowest BCUT2D eigenvalue weighted by Gasteiger charge is -2.17. The van der Waals surface area contributed by atoms with Crippen LogP contribution in [-0.4, -0.2) is 36.0 Å². The maximum absolute atomic E-state index is 12.2. The summed E-state index contributed by atoms with van der Waals surface area (Å²) in [7, 11) is 1.97. The Morgan fingerprint density at radius 1 is 1.29 bits per heavy atom. The molecule has 128 valence electrons. The van der Waals surface area contributed by atoms with Crippen molar-refractivity contribution in [2.75, 3.05) is 25.0 Å². The van der Waals surface area contributed by atoms with Crippen molar-refractivity contribution in [1.82, 2.24) is 15.3 Å². The van der Waals surface area contributed by atoms with E-state index in [1.165, 1.54) is 6.33 Å². The molecule has 1 aromatic carbocycles. The number of halogens is 1. The van der Waals surface area contributed by atoms with Crippen molar-refractivity contribution < 1.29 is 4.79 Å². The van der Waals surface area contributed by atoms with Crippen LogP contribution in [0.25, 0.3) is 0 Å². The zero-order chi connectivity index (χ0) is 17.4. The molecule has 2 aromatic rings. The van der Waals surface area contributed by atoms with Gasteiger partial charge in [0.15, 0.2) is 0 Å². The minimum atomic E-state index is -0.190. The molecule has 6 heteroatoms. The molecule has 0 aliphatic heterocycles. The molecule has 0 fully saturated rings. The molecule has 0 radical (unpaired) electrons. The summed E-state index contributed by atoms with van der Waals surface area (Å²) in [5, 5.41) is 3.59. The second-order valence-electron chi connectivity index (χ2n) is 5.67. The molecule has 0 saturated heterocycles. The Morgan fingerprint density at radius 3 is 2.88 bits per heavy atom. The lowest BCUT2D eigenvalue weighted by atomic mass is 10.1. The molecule has 0 saturated carbocycles. The second kappa shape index (κ2) is 9.23. The van der Waals surface area contributed by atoms with Gasteiger partial charge in [0, 0.05) is 31.2 Å². The lowest BCUT2D eigenvalue weighted by molar-refractivity contribution is 0.0949. The second-order valence-corrected chi connectivity index (χ2v) is 6.11. The number of benzene rings is 1. The number of unbranched alkanes of at least 4 members (excludes halogenated alkanes) is 1. The SMILES string of the molecule is CCCCN(C)c1cc(C(=O)NCCc2cccc(Cl)c2)ncn1. The minimum absolute atomic E-state index is 0.190. The molecule has 1 N–H and O–H groups in total. The lowest BCUT2D eigenvalue weighted by Crippen LogP contribution is -2.27. The third-order valence-electron chi connectivity index (χ3n) is 3.71. The Bertz CT molecular complexity index is 678. The van der Waals surface area contributed by atoms with E-state index in [9.17, 15) is 4.79 Å². The van der Waals surface area contributed by atoms with Gasteiger partial charge in [-0.05, 0) is 30.5 Å². The van der Waals surface area contributed by atoms with Crippen LogP contribution in [0.15, 0.2) is 36.7 Å². The van der Waals surface area contributed by atoms with Crippen LogP contribution >= 0.6 is 11.6 Å². The highest BCUT2D eigenvalue weighted by Gasteiger charge is 2.10. The molecular weight excluding hydrogens is 324 g/mol. The Hall–Kier alpha value is -2.14. The van der Waals surface area contributed by atoms with E-state index in [4.69, 9.17) is 11.6 Å². The van der Waals surface area contributed by atoms with Crippen LogP contribution in [0.4, 0.5) is 5.82 Å². The zero-order valence-corrected chi connectivity index (χ0v) is 14.9. The van der Waals surface area contributed by atoms with Gasteiger partial charge in [0.25, 0.3) is 5.91 Å². The van der Waals surface area contributed by atoms with Crippen molar-refractivity contribution >= 4 is 23.3 Å². The van der Waals surface area contributed by atoms with Crippen molar-refractivity contribution in [3.05, 3.63) is 52.9 Å². The first-order valence-electron chi connectivity index (χ1n) is 8.16. The van der Waals surface area contributed by atoms with Gasteiger partial charge in [-0.2, -0.15) is 0 Å². The quantitative estimate of drug-likeness (QED) is 0.796. The highest BCUT2D eigenvalue weighted by molar-refractivity contribution is 6.30. The fourth-order valence-corrected chi connectivity index (χ4v) is 2.51. The number of hydrogen-bond acceptors (Lipinski definition) is 4. The van der Waals surface area contributed by atoms with E-state index in [0.29, 0.717) is 17.3 Å². The average molecular weight is 347 g/mol. The van der Waals surface area contributed by atoms with Crippen LogP contribution in [0.3, 0.4) is 0 Å². The van der Waals surface area contributed by atoms with Gasteiger partial charge in [-0.1, -0.05) is 37.1 Å². The van der Waals surface area contributed by atoms with E-state index < -0.39 is 0 Å². The first kappa shape index (κ1) is 18.2. The molecule has 5 nitrogen and oxygen atoms in total. The first-order valence-corrected chi connectivity index (χ1v) is 8.53. The summed E-state index contributed by atoms with van der Waals surface area (Å²) >= 11 is 5.96. The van der Waals surface area contributed by atoms with Crippen LogP contribution in [0.1, 0.15) is 35.8 Å². The van der Waals surface area contributed by atoms with Gasteiger partial charge in [-0.25, -0.2) is 9.97 Å². The van der Waals surface area contributed by atoms with Gasteiger partial charge in [0.2, 0.25) is 0 Å². The Kier molecular flexibility index (Phi) is 7.00. The monoisotopic (exact) mass is 346 g/mol. The number of aromatic nitrogens is 2. The molecular formula is C18H23ClN4O. The summed E-state index contributed by atoms with van der Waals surface area (Å²) in [6, 6.07) is 9.36. The summed E-state index contributed by atoms with van der Waals surface area (Å²) in [5.74, 6) is 0.572. The molecule has 0 unspecified atom stereocenters. The number of nitrogens with zero attached hydrogens (tertiary/aromatic N) is 3. The molecule has 2 rings (SSSR count). The fourth-order valence-electron chi connectivity index (χ4n) is 2.29. The molecule has 1 amide bonds. The number of rotatable bonds is 8. The summed E-state index contributed by atoms with van der Waals surface area (Å²) < 4.78 is 0. The number of amides is 1. The topological polar surface area (TPSA) is 58.1 Å². The number of anilines is 1. The van der Waals surface area contributed by atoms with Gasteiger partial charge in [0.1, 0.15) is 17.8 Å². The maximum atomic E-state index is 12.2. The van der Waals surface area contributed by atoms with E-state index in [-0.39, 0.29) is 5.91 Å². The van der Waals surface area contributed by atoms with E-state index in [1.54, 1.807) is 6.07 Å². The highest BCUT2D eigenvalue weighted by atomic mass is 35.5. The largest absolute Gasteiger partial charge is 0.360 e. The molecule has 0 bridgehead atoms. The molecule has 0 atom stereocenters. The normalized spacial score (nSPS) is 10.5. The van der Waals surface area contributed by atoms with Crippen molar-refractivity contribution in [3.8, 4) is 0 Å². The molecule has 0 aliphatic rings. The van der Waals surface area contributed by atoms with Crippen LogP contribution < -0.4 is 10.2 Å². The van der Waals surface area contributed by atoms with Gasteiger partial charge in [-0.3, -0.25) is 4.79 Å². The number of nitrogens with one attached hydrogen (secondary N) is 1. The number of hydrogen-bond donors (Lipinski definition) is 1. The Balaban J connectivity index is 1.90. The smallest absolute Gasteiger partial charge is 0.270 e. The fraction of sp³-hybridized carbons (Fsp3) is 0.389. The van der Waals surface area contributed by atoms with E-state index >= 15 is 0 Å². The number of carbonyl (C=O) groups is 1. The highest BCUT2D eigenvalue weighted by Crippen LogP contribution is 2.12. The average Bonchev–Trinajstić information content (AvgIpc) is 2.59. The van der Waals surface area contributed by atoms with Crippen molar-refractivity contribution in [3.63, 3.8) is 0 Å². The third kappa shape index (κ3) is 5.49. The standard InChI is InChI=1S/C18H23ClN4O/c1-3-4-10-23(2)17-12-16(21-13-22-17)18(24)20-9-8-14-6-5-7-15(19)11-14/h5-7,11-13H,3-4,8-10H2,1-2H3,(H,20,24). The van der Waals surface area contributed by atoms with Crippen LogP contribution in [-0.2, 0) is 6.42 Å². The van der Waals surface area contributed by atoms with Crippen LogP contribution in [0.2, 0.25) is 5.02 Å². The number of carbonyl (C=O) groups excluding carboxylic acids is 1. The minimum Gasteiger partial charge on any atom is -0.360 e. The summed E-state index contributed by atoms with van der Waals surface area (Å²) in [4.78, 5) is 22.6. The van der Waals surface area contributed by atoms with Gasteiger partial charge < -0.3 is 10.2 Å². The van der Waals surface area contributed by atoms with Crippen molar-refractivity contribution in [2.24, 2.45) is 0 Å². The molecule has 1 aromatic heterocycles. The Morgan fingerprint density at radius 2 is 2.12 bits per heavy atom. The van der Waals surface area contributed by atoms with Crippen LogP contribution in [0, 0.1) is 0 Å². The third-order valence-corrected chi connectivity index (χ3v) is 3.95. The van der Waals surface area contributed by atoms with Gasteiger partial charge >= 0.3 is 0 Å². The van der Waals surface area contributed by atoms with E-state index in [1.807, 2.05) is 36.2 Å². The Labute approximate surface area is 148 Å². The van der Waals surface area contributed by atoms with E-state index in [0.717, 1.165) is 37.2 Å². The predicted molar refractivity (Wildman–Crippen MR) is 97.7 cm³/mol. The van der Waals surface area contributed by atoms with Crippen LogP contribution in [0.5, 0.6) is 0 Å². The summed E-state index contributed by atoms with van der Waals surface area (Å²) in [6.45, 7) is 3.58. The van der Waals surface area contributed by atoms with Gasteiger partial charge in [0.05, 0.1) is 0 Å². The summed E-state index contributed by atoms with van der Waals surface area (Å²) in [6.07, 6.45) is 4.36. The van der Waals surface area contributed by atoms with Crippen molar-refractivity contribution in [1.29, 1.82) is 0 Å². The molecule has 0 aliphatic carbocycles. The summed E-state index contributed by atoms with van der Waals surface area (Å²) in [5.41, 5.74) is 1.47. The molecule has 1 heterocycles. The first-order chi connectivity index (χ1) is 11.6. The van der Waals surface area contributed by atoms with Gasteiger partial charge in [-0.15, -0.1) is 0 Å². The maximum Gasteiger partial charge on any atom is 0.270 e.